The lowest BCUT2D eigenvalue weighted by atomic mass is 9.85. The van der Waals surface area contributed by atoms with Gasteiger partial charge in [-0.3, -0.25) is 0 Å². The molecule has 0 fully saturated rings. The van der Waals surface area contributed by atoms with E-state index in [0.29, 0.717) is 0 Å². The van der Waals surface area contributed by atoms with E-state index < -0.39 is 0 Å². The first-order valence-corrected chi connectivity index (χ1v) is 7.87. The van der Waals surface area contributed by atoms with Gasteiger partial charge >= 0.3 is 0 Å². The summed E-state index contributed by atoms with van der Waals surface area (Å²) in [5.74, 6) is 1.75. The minimum absolute atomic E-state index is 0.0472. The lowest BCUT2D eigenvalue weighted by molar-refractivity contribution is 0.470. The Hall–Kier alpha value is -1.84. The van der Waals surface area contributed by atoms with E-state index in [1.165, 1.54) is 5.56 Å². The van der Waals surface area contributed by atoms with Gasteiger partial charge in [-0.15, -0.1) is 0 Å². The van der Waals surface area contributed by atoms with Gasteiger partial charge in [-0.1, -0.05) is 41.5 Å². The van der Waals surface area contributed by atoms with Gasteiger partial charge in [0.25, 0.3) is 0 Å². The Labute approximate surface area is 133 Å². The van der Waals surface area contributed by atoms with Crippen LogP contribution in [0.5, 0.6) is 0 Å². The molecule has 0 aliphatic heterocycles. The lowest BCUT2D eigenvalue weighted by Crippen LogP contribution is -2.26. The van der Waals surface area contributed by atoms with Crippen LogP contribution in [0.15, 0.2) is 24.7 Å². The van der Waals surface area contributed by atoms with Crippen LogP contribution in [0, 0.1) is 0 Å². The maximum atomic E-state index is 4.86. The second kappa shape index (κ2) is 6.11. The zero-order valence-electron chi connectivity index (χ0n) is 14.5. The van der Waals surface area contributed by atoms with Crippen LogP contribution in [-0.4, -0.2) is 19.9 Å². The van der Waals surface area contributed by atoms with E-state index in [1.54, 1.807) is 12.4 Å². The molecule has 2 aromatic heterocycles. The normalized spacial score (nSPS) is 12.5. The Morgan fingerprint density at radius 1 is 0.909 bits per heavy atom. The molecule has 0 aliphatic rings. The maximum absolute atomic E-state index is 4.86. The van der Waals surface area contributed by atoms with Gasteiger partial charge in [0.1, 0.15) is 11.6 Å². The van der Waals surface area contributed by atoms with Gasteiger partial charge in [-0.05, 0) is 18.1 Å². The lowest BCUT2D eigenvalue weighted by Gasteiger charge is -2.25. The van der Waals surface area contributed by atoms with Crippen LogP contribution in [0.3, 0.4) is 0 Å². The van der Waals surface area contributed by atoms with E-state index in [4.69, 9.17) is 4.98 Å². The molecule has 4 heteroatoms. The van der Waals surface area contributed by atoms with Crippen molar-refractivity contribution in [2.75, 3.05) is 0 Å². The monoisotopic (exact) mass is 298 g/mol. The number of aryl methyl sites for hydroxylation is 1. The molecule has 0 aliphatic carbocycles. The molecule has 2 aromatic rings. The van der Waals surface area contributed by atoms with E-state index in [-0.39, 0.29) is 10.8 Å². The molecule has 0 atom stereocenters. The van der Waals surface area contributed by atoms with Crippen LogP contribution in [0.2, 0.25) is 0 Å². The molecule has 0 saturated heterocycles. The molecule has 0 radical (unpaired) electrons. The topological polar surface area (TPSA) is 51.6 Å². The summed E-state index contributed by atoms with van der Waals surface area (Å²) in [5.41, 5.74) is 2.11. The van der Waals surface area contributed by atoms with Crippen LogP contribution in [0.25, 0.3) is 0 Å². The van der Waals surface area contributed by atoms with Gasteiger partial charge in [-0.2, -0.15) is 0 Å². The molecule has 0 amide bonds. The zero-order valence-corrected chi connectivity index (χ0v) is 14.5. The summed E-state index contributed by atoms with van der Waals surface area (Å²) in [6.45, 7) is 12.9. The average Bonchev–Trinajstić information content (AvgIpc) is 2.47. The summed E-state index contributed by atoms with van der Waals surface area (Å²) in [4.78, 5) is 18.2. The highest BCUT2D eigenvalue weighted by atomic mass is 14.9. The molecule has 0 unspecified atom stereocenters. The summed E-state index contributed by atoms with van der Waals surface area (Å²) in [7, 11) is 0. The van der Waals surface area contributed by atoms with E-state index >= 15 is 0 Å². The number of rotatable bonds is 4. The van der Waals surface area contributed by atoms with Crippen molar-refractivity contribution < 1.29 is 0 Å². The Bertz CT molecular complexity index is 627. The largest absolute Gasteiger partial charge is 0.241 e. The smallest absolute Gasteiger partial charge is 0.134 e. The SMILES string of the molecule is CCc1cnc(C(C)(C)C)nc1CC(C)(C)c1ncccn1. The summed E-state index contributed by atoms with van der Waals surface area (Å²) in [6, 6.07) is 1.85. The molecule has 22 heavy (non-hydrogen) atoms. The van der Waals surface area contributed by atoms with Gasteiger partial charge in [0.05, 0.1) is 0 Å². The third-order valence-corrected chi connectivity index (χ3v) is 3.79. The standard InChI is InChI=1S/C18H26N4/c1-7-13-12-21-15(17(2,3)4)22-14(13)11-18(5,6)16-19-9-8-10-20-16/h8-10,12H,7,11H2,1-6H3. The summed E-state index contributed by atoms with van der Waals surface area (Å²) in [5, 5.41) is 0. The maximum Gasteiger partial charge on any atom is 0.134 e. The van der Waals surface area contributed by atoms with Crippen molar-refractivity contribution in [2.24, 2.45) is 0 Å². The van der Waals surface area contributed by atoms with Crippen molar-refractivity contribution in [2.45, 2.75) is 65.2 Å². The van der Waals surface area contributed by atoms with E-state index in [2.05, 4.69) is 56.5 Å². The molecule has 0 saturated carbocycles. The van der Waals surface area contributed by atoms with Crippen LogP contribution >= 0.6 is 0 Å². The fourth-order valence-electron chi connectivity index (χ4n) is 2.40. The first-order chi connectivity index (χ1) is 10.2. The van der Waals surface area contributed by atoms with Crippen molar-refractivity contribution >= 4 is 0 Å². The Balaban J connectivity index is 2.39. The van der Waals surface area contributed by atoms with Crippen molar-refractivity contribution in [3.05, 3.63) is 47.6 Å². The van der Waals surface area contributed by atoms with Crippen LogP contribution in [0.4, 0.5) is 0 Å². The van der Waals surface area contributed by atoms with Crippen molar-refractivity contribution in [1.29, 1.82) is 0 Å². The molecule has 0 N–H and O–H groups in total. The summed E-state index contributed by atoms with van der Waals surface area (Å²) >= 11 is 0. The summed E-state index contributed by atoms with van der Waals surface area (Å²) in [6.07, 6.45) is 7.32. The third kappa shape index (κ3) is 3.67. The molecular formula is C18H26N4. The summed E-state index contributed by atoms with van der Waals surface area (Å²) < 4.78 is 0. The van der Waals surface area contributed by atoms with Gasteiger partial charge in [0.2, 0.25) is 0 Å². The van der Waals surface area contributed by atoms with E-state index in [0.717, 1.165) is 30.2 Å². The molecule has 0 aromatic carbocycles. The predicted molar refractivity (Wildman–Crippen MR) is 88.9 cm³/mol. The first kappa shape index (κ1) is 16.5. The highest BCUT2D eigenvalue weighted by Gasteiger charge is 2.27. The molecule has 118 valence electrons. The van der Waals surface area contributed by atoms with Crippen LogP contribution in [-0.2, 0) is 23.7 Å². The quantitative estimate of drug-likeness (QED) is 0.864. The van der Waals surface area contributed by atoms with Crippen LogP contribution < -0.4 is 0 Å². The Kier molecular flexibility index (Phi) is 4.59. The Morgan fingerprint density at radius 2 is 1.55 bits per heavy atom. The average molecular weight is 298 g/mol. The van der Waals surface area contributed by atoms with Gasteiger partial charge in [0, 0.05) is 41.5 Å². The van der Waals surface area contributed by atoms with Gasteiger partial charge < -0.3 is 0 Å². The number of aromatic nitrogens is 4. The number of hydrogen-bond donors (Lipinski definition) is 0. The molecule has 0 spiro atoms. The fraction of sp³-hybridized carbons (Fsp3) is 0.556. The minimum Gasteiger partial charge on any atom is -0.241 e. The van der Waals surface area contributed by atoms with Crippen molar-refractivity contribution in [1.82, 2.24) is 19.9 Å². The molecule has 2 heterocycles. The van der Waals surface area contributed by atoms with E-state index in [9.17, 15) is 0 Å². The van der Waals surface area contributed by atoms with Crippen molar-refractivity contribution in [3.63, 3.8) is 0 Å². The van der Waals surface area contributed by atoms with E-state index in [1.807, 2.05) is 12.3 Å². The second-order valence-electron chi connectivity index (χ2n) is 7.40. The number of hydrogen-bond acceptors (Lipinski definition) is 4. The van der Waals surface area contributed by atoms with Crippen molar-refractivity contribution in [3.8, 4) is 0 Å². The highest BCUT2D eigenvalue weighted by Crippen LogP contribution is 2.27. The fourth-order valence-corrected chi connectivity index (χ4v) is 2.40. The number of nitrogens with zero attached hydrogens (tertiary/aromatic N) is 4. The molecular weight excluding hydrogens is 272 g/mol. The predicted octanol–water partition coefficient (Wildman–Crippen LogP) is 3.65. The minimum atomic E-state index is -0.158. The third-order valence-electron chi connectivity index (χ3n) is 3.79. The Morgan fingerprint density at radius 3 is 2.09 bits per heavy atom. The van der Waals surface area contributed by atoms with Crippen LogP contribution in [0.1, 0.15) is 64.4 Å². The van der Waals surface area contributed by atoms with Gasteiger partial charge in [-0.25, -0.2) is 19.9 Å². The molecule has 4 nitrogen and oxygen atoms in total. The molecule has 2 rings (SSSR count). The second-order valence-corrected chi connectivity index (χ2v) is 7.40. The van der Waals surface area contributed by atoms with Gasteiger partial charge in [0.15, 0.2) is 0 Å². The molecule has 0 bridgehead atoms. The highest BCUT2D eigenvalue weighted by molar-refractivity contribution is 5.23. The zero-order chi connectivity index (χ0) is 16.4. The first-order valence-electron chi connectivity index (χ1n) is 7.87.